The minimum absolute atomic E-state index is 0.160. The Kier molecular flexibility index (Phi) is 6.99. The van der Waals surface area contributed by atoms with Gasteiger partial charge in [0.25, 0.3) is 0 Å². The Labute approximate surface area is 268 Å². The van der Waals surface area contributed by atoms with Crippen molar-refractivity contribution >= 4 is 33.8 Å². The molecule has 222 valence electrons. The average molecular weight is 596 g/mol. The van der Waals surface area contributed by atoms with E-state index in [1.807, 2.05) is 30.6 Å². The zero-order valence-corrected chi connectivity index (χ0v) is 25.8. The van der Waals surface area contributed by atoms with Gasteiger partial charge in [0.05, 0.1) is 34.3 Å². The van der Waals surface area contributed by atoms with Gasteiger partial charge in [-0.1, -0.05) is 115 Å². The molecular weight excluding hydrogens is 562 g/mol. The summed E-state index contributed by atoms with van der Waals surface area (Å²) in [7, 11) is 0. The SMILES string of the molecule is Cc1ccccc1-c1nc2nc3ccccc3n2c2ccccc2c2c([nH]cnc(-c3ccccc3)c1C)C=CC1C=CC=CC21. The third-order valence-electron chi connectivity index (χ3n) is 9.05. The van der Waals surface area contributed by atoms with Crippen molar-refractivity contribution in [3.8, 4) is 22.5 Å². The van der Waals surface area contributed by atoms with Crippen LogP contribution in [0.1, 0.15) is 28.3 Å². The topological polar surface area (TPSA) is 58.9 Å². The molecule has 0 spiro atoms. The molecule has 46 heavy (non-hydrogen) atoms. The van der Waals surface area contributed by atoms with Crippen molar-refractivity contribution in [3.05, 3.63) is 162 Å². The molecule has 0 saturated heterocycles. The normalized spacial score (nSPS) is 16.2. The largest absolute Gasteiger partial charge is 0.346 e. The number of aryl methyl sites for hydroxylation is 1. The summed E-state index contributed by atoms with van der Waals surface area (Å²) in [4.78, 5) is 19.4. The zero-order chi connectivity index (χ0) is 31.0. The molecule has 1 N–H and O–H groups in total. The molecule has 0 saturated carbocycles. The summed E-state index contributed by atoms with van der Waals surface area (Å²) in [5, 5.41) is 1.13. The molecular formula is C41H33N5. The number of fused-ring (bicyclic) bond motifs is 9. The Morgan fingerprint density at radius 2 is 1.41 bits per heavy atom. The van der Waals surface area contributed by atoms with E-state index in [9.17, 15) is 0 Å². The predicted octanol–water partition coefficient (Wildman–Crippen LogP) is 9.81. The van der Waals surface area contributed by atoms with Crippen molar-refractivity contribution in [2.75, 3.05) is 0 Å². The second kappa shape index (κ2) is 11.6. The molecule has 0 aliphatic heterocycles. The molecule has 2 aliphatic rings. The second-order valence-electron chi connectivity index (χ2n) is 11.8. The van der Waals surface area contributed by atoms with E-state index in [-0.39, 0.29) is 11.8 Å². The lowest BCUT2D eigenvalue weighted by molar-refractivity contribution is 0.693. The molecule has 5 heteroatoms. The Balaban J connectivity index is 1.65. The maximum absolute atomic E-state index is 5.47. The zero-order valence-electron chi connectivity index (χ0n) is 25.8. The Morgan fingerprint density at radius 3 is 2.28 bits per heavy atom. The number of aromatic amines is 1. The van der Waals surface area contributed by atoms with E-state index in [2.05, 4.69) is 139 Å². The summed E-state index contributed by atoms with van der Waals surface area (Å²) in [5.74, 6) is 1.05. The number of rotatable bonds is 2. The summed E-state index contributed by atoms with van der Waals surface area (Å²) < 4.78 is 2.22. The average Bonchev–Trinajstić information content (AvgIpc) is 3.47. The molecule has 2 unspecified atom stereocenters. The van der Waals surface area contributed by atoms with E-state index in [1.165, 1.54) is 5.56 Å². The summed E-state index contributed by atoms with van der Waals surface area (Å²) in [6, 6.07) is 35.6. The lowest BCUT2D eigenvalue weighted by atomic mass is 9.77. The van der Waals surface area contributed by atoms with Crippen molar-refractivity contribution in [1.82, 2.24) is 24.3 Å². The molecule has 6 aromatic rings. The van der Waals surface area contributed by atoms with Crippen LogP contribution in [-0.2, 0) is 0 Å². The van der Waals surface area contributed by atoms with E-state index in [0.29, 0.717) is 5.78 Å². The van der Waals surface area contributed by atoms with Crippen LogP contribution < -0.4 is 0 Å². The van der Waals surface area contributed by atoms with Gasteiger partial charge in [0.2, 0.25) is 5.78 Å². The maximum Gasteiger partial charge on any atom is 0.235 e. The van der Waals surface area contributed by atoms with E-state index < -0.39 is 0 Å². The van der Waals surface area contributed by atoms with E-state index in [0.717, 1.165) is 61.3 Å². The van der Waals surface area contributed by atoms with Crippen LogP contribution in [0.25, 0.3) is 56.3 Å². The fourth-order valence-electron chi connectivity index (χ4n) is 6.79. The van der Waals surface area contributed by atoms with Crippen LogP contribution in [0.4, 0.5) is 0 Å². The van der Waals surface area contributed by atoms with Gasteiger partial charge < -0.3 is 4.98 Å². The summed E-state index contributed by atoms with van der Waals surface area (Å²) in [6.07, 6.45) is 15.2. The van der Waals surface area contributed by atoms with Gasteiger partial charge in [-0.3, -0.25) is 4.40 Å². The number of H-pyrrole nitrogens is 1. The molecule has 2 heterocycles. The van der Waals surface area contributed by atoms with Crippen LogP contribution in [0.5, 0.6) is 0 Å². The first-order chi connectivity index (χ1) is 22.7. The van der Waals surface area contributed by atoms with E-state index in [1.54, 1.807) is 0 Å². The number of imidazole rings is 1. The lowest BCUT2D eigenvalue weighted by Crippen LogP contribution is -2.14. The van der Waals surface area contributed by atoms with E-state index >= 15 is 0 Å². The molecule has 2 aromatic heterocycles. The van der Waals surface area contributed by atoms with E-state index in [4.69, 9.17) is 15.0 Å². The highest BCUT2D eigenvalue weighted by Gasteiger charge is 2.26. The highest BCUT2D eigenvalue weighted by Crippen LogP contribution is 2.40. The molecule has 8 rings (SSSR count). The smallest absolute Gasteiger partial charge is 0.235 e. The van der Waals surface area contributed by atoms with Crippen LogP contribution in [0, 0.1) is 19.8 Å². The molecule has 2 aliphatic carbocycles. The number of aromatic nitrogens is 5. The van der Waals surface area contributed by atoms with Gasteiger partial charge in [0.1, 0.15) is 0 Å². The number of nitrogens with zero attached hydrogens (tertiary/aromatic N) is 4. The molecule has 0 fully saturated rings. The molecule has 5 nitrogen and oxygen atoms in total. The summed E-state index contributed by atoms with van der Waals surface area (Å²) in [6.45, 7) is 4.24. The third kappa shape index (κ3) is 4.77. The molecule has 0 bridgehead atoms. The quantitative estimate of drug-likeness (QED) is 0.217. The van der Waals surface area contributed by atoms with Crippen LogP contribution in [0.3, 0.4) is 0 Å². The number of nitrogens with one attached hydrogen (secondary N) is 1. The Morgan fingerprint density at radius 1 is 0.674 bits per heavy atom. The number of benzene rings is 4. The number of allylic oxidation sites excluding steroid dienone is 5. The molecule has 2 atom stereocenters. The maximum atomic E-state index is 5.47. The molecule has 4 aromatic carbocycles. The van der Waals surface area contributed by atoms with Gasteiger partial charge in [-0.15, -0.1) is 0 Å². The summed E-state index contributed by atoms with van der Waals surface area (Å²) in [5.41, 5.74) is 11.0. The second-order valence-corrected chi connectivity index (χ2v) is 11.8. The Hall–Kier alpha value is -5.81. The van der Waals surface area contributed by atoms with Gasteiger partial charge in [-0.05, 0) is 49.2 Å². The molecule has 0 amide bonds. The van der Waals surface area contributed by atoms with Crippen LogP contribution in [-0.4, -0.2) is 24.3 Å². The fraction of sp³-hybridized carbons (Fsp3) is 0.0976. The fourth-order valence-corrected chi connectivity index (χ4v) is 6.79. The van der Waals surface area contributed by atoms with Crippen LogP contribution in [0.2, 0.25) is 0 Å². The number of para-hydroxylation sites is 3. The first kappa shape index (κ1) is 27.7. The van der Waals surface area contributed by atoms with Gasteiger partial charge in [0.15, 0.2) is 0 Å². The van der Waals surface area contributed by atoms with Crippen LogP contribution >= 0.6 is 0 Å². The minimum Gasteiger partial charge on any atom is -0.346 e. The first-order valence-electron chi connectivity index (χ1n) is 15.7. The van der Waals surface area contributed by atoms with Crippen molar-refractivity contribution in [2.45, 2.75) is 19.8 Å². The van der Waals surface area contributed by atoms with Crippen molar-refractivity contribution in [3.63, 3.8) is 0 Å². The number of hydrogen-bond acceptors (Lipinski definition) is 3. The van der Waals surface area contributed by atoms with Crippen molar-refractivity contribution in [2.24, 2.45) is 5.92 Å². The van der Waals surface area contributed by atoms with Gasteiger partial charge in [-0.2, -0.15) is 0 Å². The molecule has 0 radical (unpaired) electrons. The minimum atomic E-state index is 0.160. The highest BCUT2D eigenvalue weighted by molar-refractivity contribution is 5.91. The standard InChI is InChI=1S/C41H33N5/c1-27-14-6-8-18-31(27)40-28(2)39(30-16-4-3-5-17-30)43-26-42-35-25-24-29-15-7-9-19-32(29)38(35)33-20-10-12-22-36(33)46-37-23-13-11-21-34(37)44-41(46)45-40/h3-26,29,32H,1-2H3,(H,42,43). The van der Waals surface area contributed by atoms with Gasteiger partial charge in [0, 0.05) is 39.6 Å². The highest BCUT2D eigenvalue weighted by atomic mass is 15.1. The van der Waals surface area contributed by atoms with Crippen molar-refractivity contribution in [1.29, 1.82) is 0 Å². The van der Waals surface area contributed by atoms with Crippen molar-refractivity contribution < 1.29 is 0 Å². The monoisotopic (exact) mass is 595 g/mol. The lowest BCUT2D eigenvalue weighted by Gasteiger charge is -2.27. The third-order valence-corrected chi connectivity index (χ3v) is 9.05. The summed E-state index contributed by atoms with van der Waals surface area (Å²) >= 11 is 0. The van der Waals surface area contributed by atoms with Gasteiger partial charge >= 0.3 is 0 Å². The number of hydrogen-bond donors (Lipinski definition) is 1. The Bertz CT molecular complexity index is 2350. The van der Waals surface area contributed by atoms with Gasteiger partial charge in [-0.25, -0.2) is 15.0 Å². The van der Waals surface area contributed by atoms with Crippen LogP contribution in [0.15, 0.2) is 140 Å². The first-order valence-corrected chi connectivity index (χ1v) is 15.7. The predicted molar refractivity (Wildman–Crippen MR) is 189 cm³/mol.